The Morgan fingerprint density at radius 3 is 2.85 bits per heavy atom. The molecule has 2 N–H and O–H groups in total. The molecule has 1 heterocycles. The van der Waals surface area contributed by atoms with E-state index in [4.69, 9.17) is 5.11 Å². The van der Waals surface area contributed by atoms with Crippen LogP contribution in [0, 0.1) is 0 Å². The molecule has 1 aromatic heterocycles. The van der Waals surface area contributed by atoms with Crippen molar-refractivity contribution in [2.45, 2.75) is 6.42 Å². The fourth-order valence-electron chi connectivity index (χ4n) is 0.822. The van der Waals surface area contributed by atoms with Gasteiger partial charge in [0.2, 0.25) is 5.56 Å². The molecule has 0 aromatic carbocycles. The number of rotatable bonds is 3. The van der Waals surface area contributed by atoms with Gasteiger partial charge >= 0.3 is 5.97 Å². The summed E-state index contributed by atoms with van der Waals surface area (Å²) < 4.78 is 0. The number of carbonyl (C=O) groups is 1. The standard InChI is InChI=1S/C9H9NO3/c11-8-5-4-7(6-10-8)2-1-3-9(12)13/h1-2,4-6H,3H2,(H,10,11)(H,12,13). The molecule has 4 nitrogen and oxygen atoms in total. The van der Waals surface area contributed by atoms with Crippen LogP contribution in [-0.2, 0) is 4.79 Å². The molecule has 0 aliphatic carbocycles. The summed E-state index contributed by atoms with van der Waals surface area (Å²) in [5, 5.41) is 8.33. The number of carboxylic acids is 1. The van der Waals surface area contributed by atoms with Crippen LogP contribution in [0.2, 0.25) is 0 Å². The summed E-state index contributed by atoms with van der Waals surface area (Å²) >= 11 is 0. The fraction of sp³-hybridized carbons (Fsp3) is 0.111. The van der Waals surface area contributed by atoms with Gasteiger partial charge in [0.25, 0.3) is 0 Å². The third kappa shape index (κ3) is 3.37. The Hall–Kier alpha value is -1.84. The van der Waals surface area contributed by atoms with Gasteiger partial charge in [-0.05, 0) is 11.6 Å². The van der Waals surface area contributed by atoms with E-state index in [0.717, 1.165) is 5.56 Å². The van der Waals surface area contributed by atoms with Crippen LogP contribution in [0.3, 0.4) is 0 Å². The van der Waals surface area contributed by atoms with Crippen LogP contribution in [0.1, 0.15) is 12.0 Å². The molecule has 4 heteroatoms. The van der Waals surface area contributed by atoms with Crippen LogP contribution in [0.4, 0.5) is 0 Å². The lowest BCUT2D eigenvalue weighted by Gasteiger charge is -1.89. The number of carboxylic acid groups (broad SMARTS) is 1. The van der Waals surface area contributed by atoms with Crippen molar-refractivity contribution >= 4 is 12.0 Å². The zero-order chi connectivity index (χ0) is 9.68. The summed E-state index contributed by atoms with van der Waals surface area (Å²) in [6.07, 6.45) is 4.68. The zero-order valence-electron chi connectivity index (χ0n) is 6.86. The van der Waals surface area contributed by atoms with Crippen LogP contribution in [0.5, 0.6) is 0 Å². The number of H-pyrrole nitrogens is 1. The molecule has 0 amide bonds. The minimum atomic E-state index is -0.874. The Morgan fingerprint density at radius 1 is 1.54 bits per heavy atom. The summed E-state index contributed by atoms with van der Waals surface area (Å²) in [6.45, 7) is 0. The van der Waals surface area contributed by atoms with Gasteiger partial charge in [0.15, 0.2) is 0 Å². The van der Waals surface area contributed by atoms with Gasteiger partial charge in [0.1, 0.15) is 0 Å². The molecule has 0 atom stereocenters. The van der Waals surface area contributed by atoms with E-state index in [1.165, 1.54) is 18.3 Å². The van der Waals surface area contributed by atoms with Crippen molar-refractivity contribution in [3.8, 4) is 0 Å². The molecule has 1 aromatic rings. The first-order chi connectivity index (χ1) is 6.18. The SMILES string of the molecule is O=C(O)CC=Cc1ccc(=O)[nH]c1. The number of hydrogen-bond donors (Lipinski definition) is 2. The Balaban J connectivity index is 2.64. The normalized spacial score (nSPS) is 10.5. The monoisotopic (exact) mass is 179 g/mol. The highest BCUT2D eigenvalue weighted by Gasteiger charge is 1.90. The molecule has 13 heavy (non-hydrogen) atoms. The van der Waals surface area contributed by atoms with Crippen LogP contribution in [-0.4, -0.2) is 16.1 Å². The summed E-state index contributed by atoms with van der Waals surface area (Å²) in [4.78, 5) is 23.2. The van der Waals surface area contributed by atoms with Crippen LogP contribution >= 0.6 is 0 Å². The third-order valence-corrected chi connectivity index (χ3v) is 1.41. The maximum atomic E-state index is 10.6. The second-order valence-electron chi connectivity index (χ2n) is 2.49. The van der Waals surface area contributed by atoms with Gasteiger partial charge < -0.3 is 10.1 Å². The molecule has 0 spiro atoms. The van der Waals surface area contributed by atoms with Gasteiger partial charge in [-0.1, -0.05) is 12.2 Å². The summed E-state index contributed by atoms with van der Waals surface area (Å²) in [6, 6.07) is 3.01. The molecule has 0 radical (unpaired) electrons. The number of nitrogens with one attached hydrogen (secondary N) is 1. The number of aromatic nitrogens is 1. The molecular formula is C9H9NO3. The van der Waals surface area contributed by atoms with Crippen molar-refractivity contribution in [3.63, 3.8) is 0 Å². The van der Waals surface area contributed by atoms with Gasteiger partial charge in [-0.15, -0.1) is 0 Å². The van der Waals surface area contributed by atoms with Crippen LogP contribution < -0.4 is 5.56 Å². The molecule has 0 aliphatic rings. The summed E-state index contributed by atoms with van der Waals surface area (Å²) in [7, 11) is 0. The highest BCUT2D eigenvalue weighted by molar-refractivity contribution is 5.70. The Labute approximate surface area is 74.5 Å². The Kier molecular flexibility index (Phi) is 3.03. The molecule has 0 unspecified atom stereocenters. The molecule has 0 saturated carbocycles. The van der Waals surface area contributed by atoms with Gasteiger partial charge in [-0.3, -0.25) is 9.59 Å². The largest absolute Gasteiger partial charge is 0.481 e. The number of aromatic amines is 1. The average molecular weight is 179 g/mol. The maximum Gasteiger partial charge on any atom is 0.307 e. The highest BCUT2D eigenvalue weighted by Crippen LogP contribution is 1.97. The summed E-state index contributed by atoms with van der Waals surface area (Å²) in [5.41, 5.74) is 0.608. The van der Waals surface area contributed by atoms with E-state index in [2.05, 4.69) is 4.98 Å². The third-order valence-electron chi connectivity index (χ3n) is 1.41. The van der Waals surface area contributed by atoms with Crippen molar-refractivity contribution in [3.05, 3.63) is 40.3 Å². The van der Waals surface area contributed by atoms with Crippen LogP contribution in [0.15, 0.2) is 29.2 Å². The lowest BCUT2D eigenvalue weighted by atomic mass is 10.2. The van der Waals surface area contributed by atoms with Gasteiger partial charge in [0.05, 0.1) is 6.42 Å². The van der Waals surface area contributed by atoms with E-state index in [1.807, 2.05) is 0 Å². The molecular weight excluding hydrogens is 170 g/mol. The summed E-state index contributed by atoms with van der Waals surface area (Å²) in [5.74, 6) is -0.874. The minimum Gasteiger partial charge on any atom is -0.481 e. The predicted molar refractivity (Wildman–Crippen MR) is 48.3 cm³/mol. The number of hydrogen-bond acceptors (Lipinski definition) is 2. The van der Waals surface area contributed by atoms with E-state index < -0.39 is 5.97 Å². The second-order valence-corrected chi connectivity index (χ2v) is 2.49. The first-order valence-corrected chi connectivity index (χ1v) is 3.75. The Morgan fingerprint density at radius 2 is 2.31 bits per heavy atom. The number of aliphatic carboxylic acids is 1. The van der Waals surface area contributed by atoms with Gasteiger partial charge in [-0.2, -0.15) is 0 Å². The van der Waals surface area contributed by atoms with Gasteiger partial charge in [-0.25, -0.2) is 0 Å². The van der Waals surface area contributed by atoms with E-state index in [-0.39, 0.29) is 12.0 Å². The quantitative estimate of drug-likeness (QED) is 0.723. The first-order valence-electron chi connectivity index (χ1n) is 3.75. The van der Waals surface area contributed by atoms with E-state index in [0.29, 0.717) is 0 Å². The van der Waals surface area contributed by atoms with Crippen molar-refractivity contribution < 1.29 is 9.90 Å². The van der Waals surface area contributed by atoms with Crippen molar-refractivity contribution in [1.82, 2.24) is 4.98 Å². The minimum absolute atomic E-state index is 0.0148. The predicted octanol–water partition coefficient (Wildman–Crippen LogP) is 0.863. The Bertz CT molecular complexity index is 358. The number of pyridine rings is 1. The van der Waals surface area contributed by atoms with Gasteiger partial charge in [0, 0.05) is 12.3 Å². The smallest absolute Gasteiger partial charge is 0.307 e. The zero-order valence-corrected chi connectivity index (χ0v) is 6.86. The molecule has 0 aliphatic heterocycles. The first kappa shape index (κ1) is 9.25. The van der Waals surface area contributed by atoms with E-state index in [9.17, 15) is 9.59 Å². The second kappa shape index (κ2) is 4.25. The lowest BCUT2D eigenvalue weighted by Crippen LogP contribution is -2.01. The molecule has 0 fully saturated rings. The van der Waals surface area contributed by atoms with E-state index >= 15 is 0 Å². The topological polar surface area (TPSA) is 70.2 Å². The molecule has 68 valence electrons. The molecule has 0 bridgehead atoms. The lowest BCUT2D eigenvalue weighted by molar-refractivity contribution is -0.135. The van der Waals surface area contributed by atoms with E-state index in [1.54, 1.807) is 12.1 Å². The molecule has 0 saturated heterocycles. The van der Waals surface area contributed by atoms with Crippen molar-refractivity contribution in [2.75, 3.05) is 0 Å². The fourth-order valence-corrected chi connectivity index (χ4v) is 0.822. The van der Waals surface area contributed by atoms with Crippen LogP contribution in [0.25, 0.3) is 6.08 Å². The average Bonchev–Trinajstić information content (AvgIpc) is 2.08. The van der Waals surface area contributed by atoms with Crippen molar-refractivity contribution in [2.24, 2.45) is 0 Å². The van der Waals surface area contributed by atoms with Crippen molar-refractivity contribution in [1.29, 1.82) is 0 Å². The molecule has 1 rings (SSSR count). The highest BCUT2D eigenvalue weighted by atomic mass is 16.4. The maximum absolute atomic E-state index is 10.6.